The minimum absolute atomic E-state index is 0.255. The van der Waals surface area contributed by atoms with Crippen LogP contribution in [0.3, 0.4) is 0 Å². The Morgan fingerprint density at radius 1 is 1.44 bits per heavy atom. The van der Waals surface area contributed by atoms with Gasteiger partial charge in [0.2, 0.25) is 0 Å². The van der Waals surface area contributed by atoms with E-state index in [4.69, 9.17) is 4.43 Å². The van der Waals surface area contributed by atoms with Crippen LogP contribution in [0.4, 0.5) is 0 Å². The predicted molar refractivity (Wildman–Crippen MR) is 44.1 cm³/mol. The Kier molecular flexibility index (Phi) is 4.15. The molecule has 0 saturated carbocycles. The quantitative estimate of drug-likeness (QED) is 0.431. The fraction of sp³-hybridized carbons (Fsp3) is 0.857. The first-order chi connectivity index (χ1) is 4.06. The highest BCUT2D eigenvalue weighted by atomic mass is 28.2. The molecule has 0 heterocycles. The Hall–Kier alpha value is 0.177. The van der Waals surface area contributed by atoms with Gasteiger partial charge in [0.1, 0.15) is 0 Å². The highest BCUT2D eigenvalue weighted by Gasteiger charge is 2.08. The van der Waals surface area contributed by atoms with Crippen LogP contribution < -0.4 is 0 Å². The second kappa shape index (κ2) is 4.07. The van der Waals surface area contributed by atoms with Gasteiger partial charge in [-0.15, -0.1) is 0 Å². The van der Waals surface area contributed by atoms with Gasteiger partial charge in [0, 0.05) is 6.61 Å². The Morgan fingerprint density at radius 3 is 2.33 bits per heavy atom. The van der Waals surface area contributed by atoms with Gasteiger partial charge in [-0.05, 0) is 18.4 Å². The molecule has 55 valence electrons. The van der Waals surface area contributed by atoms with E-state index in [9.17, 15) is 0 Å². The van der Waals surface area contributed by atoms with Crippen molar-refractivity contribution in [3.63, 3.8) is 0 Å². The SMILES string of the molecule is [CH2]CO[SiH2]CC(C)(C)C. The smallest absolute Gasteiger partial charge is 0.162 e. The Bertz CT molecular complexity index is 65.8. The topological polar surface area (TPSA) is 9.23 Å². The van der Waals surface area contributed by atoms with Crippen LogP contribution in [0.1, 0.15) is 20.8 Å². The molecule has 0 aromatic heterocycles. The molecule has 9 heavy (non-hydrogen) atoms. The van der Waals surface area contributed by atoms with E-state index in [0.717, 1.165) is 0 Å². The molecule has 2 heteroatoms. The van der Waals surface area contributed by atoms with Crippen molar-refractivity contribution < 1.29 is 4.43 Å². The van der Waals surface area contributed by atoms with Gasteiger partial charge < -0.3 is 4.43 Å². The lowest BCUT2D eigenvalue weighted by Gasteiger charge is -2.16. The molecule has 0 aliphatic rings. The van der Waals surface area contributed by atoms with Gasteiger partial charge in [-0.1, -0.05) is 20.8 Å². The van der Waals surface area contributed by atoms with E-state index in [0.29, 0.717) is 12.0 Å². The van der Waals surface area contributed by atoms with E-state index in [2.05, 4.69) is 27.7 Å². The molecular formula is C7H17OSi. The maximum absolute atomic E-state index is 5.24. The van der Waals surface area contributed by atoms with Crippen LogP contribution in [-0.4, -0.2) is 16.4 Å². The highest BCUT2D eigenvalue weighted by Crippen LogP contribution is 2.17. The molecule has 0 saturated heterocycles. The molecule has 0 aliphatic carbocycles. The van der Waals surface area contributed by atoms with Gasteiger partial charge >= 0.3 is 0 Å². The zero-order valence-electron chi connectivity index (χ0n) is 6.74. The van der Waals surface area contributed by atoms with Gasteiger partial charge in [-0.25, -0.2) is 0 Å². The molecule has 0 aromatic carbocycles. The highest BCUT2D eigenvalue weighted by molar-refractivity contribution is 6.27. The molecule has 1 radical (unpaired) electrons. The van der Waals surface area contributed by atoms with Crippen LogP contribution in [0.5, 0.6) is 0 Å². The largest absolute Gasteiger partial charge is 0.424 e. The summed E-state index contributed by atoms with van der Waals surface area (Å²) in [5.41, 5.74) is 0.460. The monoisotopic (exact) mass is 145 g/mol. The van der Waals surface area contributed by atoms with Crippen molar-refractivity contribution in [3.8, 4) is 0 Å². The first-order valence-corrected chi connectivity index (χ1v) is 5.01. The Balaban J connectivity index is 3.07. The average molecular weight is 145 g/mol. The van der Waals surface area contributed by atoms with E-state index in [1.54, 1.807) is 0 Å². The summed E-state index contributed by atoms with van der Waals surface area (Å²) in [6, 6.07) is 1.25. The van der Waals surface area contributed by atoms with Gasteiger partial charge in [0.25, 0.3) is 0 Å². The predicted octanol–water partition coefficient (Wildman–Crippen LogP) is 1.39. The lowest BCUT2D eigenvalue weighted by Crippen LogP contribution is -2.10. The van der Waals surface area contributed by atoms with E-state index >= 15 is 0 Å². The van der Waals surface area contributed by atoms with Crippen molar-refractivity contribution in [2.75, 3.05) is 6.61 Å². The molecule has 0 rings (SSSR count). The van der Waals surface area contributed by atoms with Gasteiger partial charge in [-0.3, -0.25) is 0 Å². The molecule has 0 N–H and O–H groups in total. The third-order valence-electron chi connectivity index (χ3n) is 1.14. The first-order valence-electron chi connectivity index (χ1n) is 3.43. The summed E-state index contributed by atoms with van der Waals surface area (Å²) in [6.07, 6.45) is 0. The van der Waals surface area contributed by atoms with Crippen molar-refractivity contribution in [1.29, 1.82) is 0 Å². The van der Waals surface area contributed by atoms with Crippen molar-refractivity contribution in [2.45, 2.75) is 26.8 Å². The summed E-state index contributed by atoms with van der Waals surface area (Å²) < 4.78 is 5.24. The second-order valence-corrected chi connectivity index (χ2v) is 4.74. The van der Waals surface area contributed by atoms with Gasteiger partial charge in [0.05, 0.1) is 0 Å². The number of hydrogen-bond donors (Lipinski definition) is 0. The lowest BCUT2D eigenvalue weighted by molar-refractivity contribution is 0.360. The van der Waals surface area contributed by atoms with Gasteiger partial charge in [0.15, 0.2) is 9.76 Å². The minimum atomic E-state index is -0.255. The summed E-state index contributed by atoms with van der Waals surface area (Å²) in [5.74, 6) is 0. The molecule has 0 aliphatic heterocycles. The molecule has 0 aromatic rings. The van der Waals surface area contributed by atoms with Gasteiger partial charge in [-0.2, -0.15) is 0 Å². The van der Waals surface area contributed by atoms with Crippen LogP contribution in [0.2, 0.25) is 6.04 Å². The molecule has 0 unspecified atom stereocenters. The molecule has 1 nitrogen and oxygen atoms in total. The van der Waals surface area contributed by atoms with E-state index in [1.807, 2.05) is 0 Å². The standard InChI is InChI=1S/C7H17OSi/c1-5-8-9-6-7(2,3)4/h1,5-6,9H2,2-4H3. The molecule has 0 atom stereocenters. The van der Waals surface area contributed by atoms with E-state index in [1.165, 1.54) is 6.04 Å². The van der Waals surface area contributed by atoms with Crippen LogP contribution in [-0.2, 0) is 4.43 Å². The first kappa shape index (κ1) is 9.18. The molecule has 0 spiro atoms. The fourth-order valence-electron chi connectivity index (χ4n) is 0.480. The fourth-order valence-corrected chi connectivity index (χ4v) is 1.44. The van der Waals surface area contributed by atoms with E-state index in [-0.39, 0.29) is 9.76 Å². The molecular weight excluding hydrogens is 128 g/mol. The molecule has 0 fully saturated rings. The summed E-state index contributed by atoms with van der Waals surface area (Å²) in [6.45, 7) is 11.0. The number of rotatable bonds is 3. The number of hydrogen-bond acceptors (Lipinski definition) is 1. The summed E-state index contributed by atoms with van der Waals surface area (Å²) in [5, 5.41) is 0. The second-order valence-electron chi connectivity index (χ2n) is 3.42. The van der Waals surface area contributed by atoms with E-state index < -0.39 is 0 Å². The maximum Gasteiger partial charge on any atom is 0.162 e. The van der Waals surface area contributed by atoms with Crippen LogP contribution in [0, 0.1) is 12.3 Å². The minimum Gasteiger partial charge on any atom is -0.424 e. The normalized spacial score (nSPS) is 13.3. The zero-order chi connectivity index (χ0) is 7.33. The third-order valence-corrected chi connectivity index (χ3v) is 3.42. The zero-order valence-corrected chi connectivity index (χ0v) is 8.15. The summed E-state index contributed by atoms with van der Waals surface area (Å²) in [4.78, 5) is 0. The maximum atomic E-state index is 5.24. The van der Waals surface area contributed by atoms with Crippen molar-refractivity contribution in [2.24, 2.45) is 5.41 Å². The van der Waals surface area contributed by atoms with Crippen molar-refractivity contribution in [3.05, 3.63) is 6.92 Å². The third kappa shape index (κ3) is 8.18. The lowest BCUT2D eigenvalue weighted by atomic mass is 10.0. The van der Waals surface area contributed by atoms with Crippen LogP contribution in [0.25, 0.3) is 0 Å². The Labute approximate surface area is 60.7 Å². The summed E-state index contributed by atoms with van der Waals surface area (Å²) in [7, 11) is -0.255. The average Bonchev–Trinajstić information content (AvgIpc) is 1.63. The van der Waals surface area contributed by atoms with Crippen molar-refractivity contribution >= 4 is 9.76 Å². The molecule has 0 amide bonds. The van der Waals surface area contributed by atoms with Crippen molar-refractivity contribution in [1.82, 2.24) is 0 Å². The van der Waals surface area contributed by atoms with Crippen LogP contribution in [0.15, 0.2) is 0 Å². The van der Waals surface area contributed by atoms with Crippen LogP contribution >= 0.6 is 0 Å². The summed E-state index contributed by atoms with van der Waals surface area (Å²) >= 11 is 0. The molecule has 0 bridgehead atoms. The Morgan fingerprint density at radius 2 is 2.00 bits per heavy atom.